The predicted octanol–water partition coefficient (Wildman–Crippen LogP) is 2.68. The zero-order valence-electron chi connectivity index (χ0n) is 9.46. The highest BCUT2D eigenvalue weighted by Gasteiger charge is 2.14. The molecule has 3 heteroatoms. The number of nitrogens with one attached hydrogen (secondary N) is 1. The van der Waals surface area contributed by atoms with Crippen molar-refractivity contribution in [2.75, 3.05) is 0 Å². The van der Waals surface area contributed by atoms with E-state index in [-0.39, 0.29) is 11.8 Å². The maximum absolute atomic E-state index is 11.4. The van der Waals surface area contributed by atoms with Crippen LogP contribution in [0, 0.1) is 6.92 Å². The highest BCUT2D eigenvalue weighted by atomic mass is 32.1. The number of hydrogen-bond donors (Lipinski definition) is 1. The first-order valence-electron chi connectivity index (χ1n) is 4.97. The quantitative estimate of drug-likeness (QED) is 0.831. The topological polar surface area (TPSA) is 29.1 Å². The molecule has 0 fully saturated rings. The molecule has 0 bridgehead atoms. The van der Waals surface area contributed by atoms with Crippen molar-refractivity contribution in [2.24, 2.45) is 0 Å². The summed E-state index contributed by atoms with van der Waals surface area (Å²) >= 11 is 1.74. The second-order valence-electron chi connectivity index (χ2n) is 3.80. The number of aryl methyl sites for hydroxylation is 1. The monoisotopic (exact) mass is 223 g/mol. The molecule has 2 nitrogen and oxygen atoms in total. The number of allylic oxidation sites excluding steroid dienone is 1. The van der Waals surface area contributed by atoms with E-state index in [1.165, 1.54) is 9.75 Å². The summed E-state index contributed by atoms with van der Waals surface area (Å²) in [6, 6.07) is 4.02. The van der Waals surface area contributed by atoms with Crippen molar-refractivity contribution in [3.05, 3.63) is 34.2 Å². The number of ketones is 1. The summed E-state index contributed by atoms with van der Waals surface area (Å²) in [7, 11) is 0. The van der Waals surface area contributed by atoms with E-state index < -0.39 is 0 Å². The summed E-state index contributed by atoms with van der Waals surface area (Å²) in [5, 5.41) is 3.10. The largest absolute Gasteiger partial charge is 0.379 e. The molecule has 0 aromatic carbocycles. The number of carbonyl (C=O) groups excluding carboxylic acids is 1. The standard InChI is InChI=1S/C12H17NOS/c1-8(2)13-12(10(4)14)7-11-6-5-9(3)15-11/h5-6,12-13H,1,7H2,2-4H3/t12-/m0/s1. The van der Waals surface area contributed by atoms with E-state index in [2.05, 4.69) is 31.0 Å². The van der Waals surface area contributed by atoms with Crippen molar-refractivity contribution in [1.29, 1.82) is 0 Å². The average Bonchev–Trinajstić information content (AvgIpc) is 2.49. The Morgan fingerprint density at radius 2 is 2.20 bits per heavy atom. The molecule has 1 atom stereocenters. The molecular weight excluding hydrogens is 206 g/mol. The van der Waals surface area contributed by atoms with Crippen LogP contribution in [0.1, 0.15) is 23.6 Å². The van der Waals surface area contributed by atoms with E-state index in [0.29, 0.717) is 0 Å². The number of hydrogen-bond acceptors (Lipinski definition) is 3. The van der Waals surface area contributed by atoms with Gasteiger partial charge in [-0.2, -0.15) is 0 Å². The van der Waals surface area contributed by atoms with E-state index in [1.807, 2.05) is 6.92 Å². The van der Waals surface area contributed by atoms with Crippen LogP contribution in [0.2, 0.25) is 0 Å². The Hall–Kier alpha value is -1.09. The van der Waals surface area contributed by atoms with E-state index in [0.717, 1.165) is 12.1 Å². The molecule has 1 rings (SSSR count). The van der Waals surface area contributed by atoms with Gasteiger partial charge in [-0.3, -0.25) is 4.79 Å². The molecule has 1 N–H and O–H groups in total. The molecular formula is C12H17NOS. The second kappa shape index (κ2) is 5.12. The molecule has 0 aliphatic heterocycles. The Labute approximate surface area is 95.0 Å². The Morgan fingerprint density at radius 3 is 2.60 bits per heavy atom. The number of thiophene rings is 1. The molecule has 0 unspecified atom stereocenters. The van der Waals surface area contributed by atoms with Gasteiger partial charge in [0, 0.05) is 21.9 Å². The molecule has 1 heterocycles. The van der Waals surface area contributed by atoms with Gasteiger partial charge in [0.25, 0.3) is 0 Å². The first kappa shape index (κ1) is 12.0. The summed E-state index contributed by atoms with van der Waals surface area (Å²) in [4.78, 5) is 13.9. The van der Waals surface area contributed by atoms with E-state index >= 15 is 0 Å². The fourth-order valence-corrected chi connectivity index (χ4v) is 2.33. The van der Waals surface area contributed by atoms with E-state index in [9.17, 15) is 4.79 Å². The van der Waals surface area contributed by atoms with Gasteiger partial charge in [0.2, 0.25) is 0 Å². The van der Waals surface area contributed by atoms with Gasteiger partial charge in [-0.15, -0.1) is 11.3 Å². The van der Waals surface area contributed by atoms with Crippen LogP contribution in [-0.4, -0.2) is 11.8 Å². The molecule has 15 heavy (non-hydrogen) atoms. The van der Waals surface area contributed by atoms with E-state index in [1.54, 1.807) is 18.3 Å². The molecule has 0 saturated heterocycles. The number of Topliss-reactive ketones (excluding diaryl/α,β-unsaturated/α-hetero) is 1. The molecule has 0 radical (unpaired) electrons. The predicted molar refractivity (Wildman–Crippen MR) is 65.2 cm³/mol. The molecule has 0 aliphatic carbocycles. The fraction of sp³-hybridized carbons (Fsp3) is 0.417. The summed E-state index contributed by atoms with van der Waals surface area (Å²) in [6.07, 6.45) is 0.751. The number of carbonyl (C=O) groups is 1. The molecule has 0 saturated carbocycles. The van der Waals surface area contributed by atoms with Crippen LogP contribution in [0.25, 0.3) is 0 Å². The third-order valence-electron chi connectivity index (χ3n) is 2.11. The van der Waals surface area contributed by atoms with Crippen molar-refractivity contribution < 1.29 is 4.79 Å². The second-order valence-corrected chi connectivity index (χ2v) is 5.18. The van der Waals surface area contributed by atoms with Crippen LogP contribution in [0.4, 0.5) is 0 Å². The summed E-state index contributed by atoms with van der Waals surface area (Å²) in [6.45, 7) is 9.32. The Balaban J connectivity index is 2.66. The maximum atomic E-state index is 11.4. The maximum Gasteiger partial charge on any atom is 0.152 e. The SMILES string of the molecule is C=C(C)N[C@@H](Cc1ccc(C)s1)C(C)=O. The van der Waals surface area contributed by atoms with Crippen LogP contribution in [-0.2, 0) is 11.2 Å². The van der Waals surface area contributed by atoms with Gasteiger partial charge in [-0.05, 0) is 32.9 Å². The van der Waals surface area contributed by atoms with Crippen LogP contribution in [0.5, 0.6) is 0 Å². The highest BCUT2D eigenvalue weighted by Crippen LogP contribution is 2.17. The zero-order valence-corrected chi connectivity index (χ0v) is 10.3. The highest BCUT2D eigenvalue weighted by molar-refractivity contribution is 7.11. The smallest absolute Gasteiger partial charge is 0.152 e. The Morgan fingerprint density at radius 1 is 1.53 bits per heavy atom. The van der Waals surface area contributed by atoms with Crippen molar-refractivity contribution in [2.45, 2.75) is 33.2 Å². The lowest BCUT2D eigenvalue weighted by atomic mass is 10.1. The first-order chi connectivity index (χ1) is 6.99. The zero-order chi connectivity index (χ0) is 11.4. The Bertz CT molecular complexity index is 367. The minimum Gasteiger partial charge on any atom is -0.379 e. The average molecular weight is 223 g/mol. The molecule has 0 amide bonds. The summed E-state index contributed by atoms with van der Waals surface area (Å²) in [5.41, 5.74) is 0.837. The van der Waals surface area contributed by atoms with Crippen molar-refractivity contribution in [3.8, 4) is 0 Å². The van der Waals surface area contributed by atoms with Gasteiger partial charge in [0.05, 0.1) is 6.04 Å². The van der Waals surface area contributed by atoms with Gasteiger partial charge in [-0.1, -0.05) is 6.58 Å². The van der Waals surface area contributed by atoms with Gasteiger partial charge >= 0.3 is 0 Å². The summed E-state index contributed by atoms with van der Waals surface area (Å²) < 4.78 is 0. The minimum absolute atomic E-state index is 0.138. The fourth-order valence-electron chi connectivity index (χ4n) is 1.39. The van der Waals surface area contributed by atoms with Crippen molar-refractivity contribution in [3.63, 3.8) is 0 Å². The summed E-state index contributed by atoms with van der Waals surface area (Å²) in [5.74, 6) is 0.157. The third-order valence-corrected chi connectivity index (χ3v) is 3.14. The minimum atomic E-state index is -0.138. The van der Waals surface area contributed by atoms with Crippen LogP contribution >= 0.6 is 11.3 Å². The lowest BCUT2D eigenvalue weighted by Gasteiger charge is -2.15. The van der Waals surface area contributed by atoms with Gasteiger partial charge < -0.3 is 5.32 Å². The molecule has 0 aliphatic rings. The van der Waals surface area contributed by atoms with Crippen LogP contribution in [0.3, 0.4) is 0 Å². The molecule has 82 valence electrons. The molecule has 1 aromatic rings. The molecule has 1 aromatic heterocycles. The lowest BCUT2D eigenvalue weighted by molar-refractivity contribution is -0.118. The van der Waals surface area contributed by atoms with Crippen molar-refractivity contribution >= 4 is 17.1 Å². The first-order valence-corrected chi connectivity index (χ1v) is 5.78. The van der Waals surface area contributed by atoms with Gasteiger partial charge in [0.15, 0.2) is 5.78 Å². The van der Waals surface area contributed by atoms with Crippen LogP contribution in [0.15, 0.2) is 24.4 Å². The van der Waals surface area contributed by atoms with Gasteiger partial charge in [-0.25, -0.2) is 0 Å². The molecule has 0 spiro atoms. The Kier molecular flexibility index (Phi) is 4.09. The van der Waals surface area contributed by atoms with Gasteiger partial charge in [0.1, 0.15) is 0 Å². The lowest BCUT2D eigenvalue weighted by Crippen LogP contribution is -2.35. The number of rotatable bonds is 5. The van der Waals surface area contributed by atoms with Crippen LogP contribution < -0.4 is 5.32 Å². The van der Waals surface area contributed by atoms with Crippen molar-refractivity contribution in [1.82, 2.24) is 5.32 Å². The van der Waals surface area contributed by atoms with E-state index in [4.69, 9.17) is 0 Å². The third kappa shape index (κ3) is 3.88. The normalized spacial score (nSPS) is 12.2.